The van der Waals surface area contributed by atoms with E-state index in [0.717, 1.165) is 25.2 Å². The Balaban J connectivity index is 1.91. The summed E-state index contributed by atoms with van der Waals surface area (Å²) >= 11 is 0. The second kappa shape index (κ2) is 6.44. The Morgan fingerprint density at radius 1 is 1.25 bits per heavy atom. The van der Waals surface area contributed by atoms with Crippen LogP contribution in [-0.4, -0.2) is 42.5 Å². The molecule has 0 spiro atoms. The van der Waals surface area contributed by atoms with E-state index in [-0.39, 0.29) is 5.91 Å². The van der Waals surface area contributed by atoms with Crippen LogP contribution in [0.15, 0.2) is 0 Å². The summed E-state index contributed by atoms with van der Waals surface area (Å²) in [5.74, 6) is 0.746. The molecule has 0 saturated heterocycles. The molecule has 2 unspecified atom stereocenters. The Hall–Kier alpha value is -0.610. The van der Waals surface area contributed by atoms with Crippen molar-refractivity contribution < 1.29 is 4.79 Å². The molecule has 4 heteroatoms. The Labute approximate surface area is 123 Å². The molecule has 20 heavy (non-hydrogen) atoms. The summed E-state index contributed by atoms with van der Waals surface area (Å²) < 4.78 is 0. The van der Waals surface area contributed by atoms with Crippen molar-refractivity contribution in [3.63, 3.8) is 0 Å². The molecule has 0 radical (unpaired) electrons. The summed E-state index contributed by atoms with van der Waals surface area (Å²) in [5.41, 5.74) is 5.13. The average molecular weight is 281 g/mol. The van der Waals surface area contributed by atoms with Crippen molar-refractivity contribution in [2.75, 3.05) is 14.1 Å². The predicted molar refractivity (Wildman–Crippen MR) is 82.4 cm³/mol. The molecule has 2 aliphatic rings. The lowest BCUT2D eigenvalue weighted by Crippen LogP contribution is -2.53. The van der Waals surface area contributed by atoms with Crippen molar-refractivity contribution in [3.8, 4) is 0 Å². The number of amides is 1. The molecule has 2 atom stereocenters. The maximum Gasteiger partial charge on any atom is 0.237 e. The molecule has 1 amide bonds. The highest BCUT2D eigenvalue weighted by atomic mass is 16.1. The van der Waals surface area contributed by atoms with E-state index in [0.29, 0.717) is 12.1 Å². The normalized spacial score (nSPS) is 38.3. The van der Waals surface area contributed by atoms with Crippen LogP contribution in [-0.2, 0) is 4.79 Å². The minimum absolute atomic E-state index is 0.189. The van der Waals surface area contributed by atoms with Gasteiger partial charge >= 0.3 is 0 Å². The van der Waals surface area contributed by atoms with E-state index in [1.165, 1.54) is 32.1 Å². The van der Waals surface area contributed by atoms with E-state index >= 15 is 0 Å². The first-order chi connectivity index (χ1) is 9.52. The van der Waals surface area contributed by atoms with Crippen LogP contribution < -0.4 is 11.1 Å². The van der Waals surface area contributed by atoms with Crippen molar-refractivity contribution in [1.29, 1.82) is 0 Å². The van der Waals surface area contributed by atoms with Gasteiger partial charge in [-0.3, -0.25) is 4.79 Å². The minimum atomic E-state index is -0.473. The van der Waals surface area contributed by atoms with Gasteiger partial charge in [0, 0.05) is 12.1 Å². The van der Waals surface area contributed by atoms with E-state index < -0.39 is 5.54 Å². The first-order valence-corrected chi connectivity index (χ1v) is 8.23. The largest absolute Gasteiger partial charge is 0.368 e. The summed E-state index contributed by atoms with van der Waals surface area (Å²) in [4.78, 5) is 14.3. The van der Waals surface area contributed by atoms with Crippen molar-refractivity contribution in [1.82, 2.24) is 10.2 Å². The third-order valence-electron chi connectivity index (χ3n) is 5.98. The Morgan fingerprint density at radius 2 is 1.90 bits per heavy atom. The molecule has 0 heterocycles. The SMILES string of the molecule is CCC1CCC(N(C)C2CCC(NC)(C(N)=O)C2)CC1. The number of carbonyl (C=O) groups is 1. The summed E-state index contributed by atoms with van der Waals surface area (Å²) in [6, 6.07) is 1.20. The second-order valence-corrected chi connectivity index (χ2v) is 6.84. The highest BCUT2D eigenvalue weighted by molar-refractivity contribution is 5.85. The van der Waals surface area contributed by atoms with Crippen LogP contribution in [0, 0.1) is 5.92 Å². The number of nitrogens with one attached hydrogen (secondary N) is 1. The van der Waals surface area contributed by atoms with Crippen molar-refractivity contribution in [3.05, 3.63) is 0 Å². The zero-order valence-corrected chi connectivity index (χ0v) is 13.3. The van der Waals surface area contributed by atoms with Crippen LogP contribution in [0.4, 0.5) is 0 Å². The smallest absolute Gasteiger partial charge is 0.237 e. The molecule has 0 aromatic carbocycles. The Morgan fingerprint density at radius 3 is 2.35 bits per heavy atom. The number of nitrogens with two attached hydrogens (primary N) is 1. The number of hydrogen-bond donors (Lipinski definition) is 2. The van der Waals surface area contributed by atoms with Crippen LogP contribution in [0.2, 0.25) is 0 Å². The molecule has 2 fully saturated rings. The maximum absolute atomic E-state index is 11.7. The van der Waals surface area contributed by atoms with Crippen molar-refractivity contribution >= 4 is 5.91 Å². The average Bonchev–Trinajstić information content (AvgIpc) is 2.92. The van der Waals surface area contributed by atoms with Gasteiger partial charge in [0.2, 0.25) is 5.91 Å². The molecule has 4 nitrogen and oxygen atoms in total. The lowest BCUT2D eigenvalue weighted by molar-refractivity contribution is -0.124. The molecule has 2 aliphatic carbocycles. The monoisotopic (exact) mass is 281 g/mol. The summed E-state index contributed by atoms with van der Waals surface area (Å²) in [7, 11) is 4.11. The third-order valence-corrected chi connectivity index (χ3v) is 5.98. The summed E-state index contributed by atoms with van der Waals surface area (Å²) in [6.07, 6.45) is 9.50. The molecular weight excluding hydrogens is 250 g/mol. The molecule has 2 saturated carbocycles. The van der Waals surface area contributed by atoms with E-state index in [9.17, 15) is 4.79 Å². The molecule has 3 N–H and O–H groups in total. The first-order valence-electron chi connectivity index (χ1n) is 8.23. The van der Waals surface area contributed by atoms with E-state index in [2.05, 4.69) is 24.2 Å². The highest BCUT2D eigenvalue weighted by Crippen LogP contribution is 2.36. The molecular formula is C16H31N3O. The first kappa shape index (κ1) is 15.8. The molecule has 0 aliphatic heterocycles. The lowest BCUT2D eigenvalue weighted by atomic mass is 9.83. The van der Waals surface area contributed by atoms with Crippen molar-refractivity contribution in [2.24, 2.45) is 11.7 Å². The lowest BCUT2D eigenvalue weighted by Gasteiger charge is -2.38. The molecule has 0 aromatic rings. The van der Waals surface area contributed by atoms with Gasteiger partial charge in [-0.1, -0.05) is 13.3 Å². The number of likely N-dealkylation sites (N-methyl/N-ethyl adjacent to an activating group) is 1. The Bertz CT molecular complexity index is 339. The van der Waals surface area contributed by atoms with Gasteiger partial charge in [0.05, 0.1) is 5.54 Å². The predicted octanol–water partition coefficient (Wildman–Crippen LogP) is 1.88. The zero-order chi connectivity index (χ0) is 14.8. The van der Waals surface area contributed by atoms with Crippen LogP contribution in [0.3, 0.4) is 0 Å². The van der Waals surface area contributed by atoms with Gasteiger partial charge in [0.1, 0.15) is 0 Å². The third kappa shape index (κ3) is 3.01. The summed E-state index contributed by atoms with van der Waals surface area (Å²) in [5, 5.41) is 3.18. The topological polar surface area (TPSA) is 58.4 Å². The van der Waals surface area contributed by atoms with Crippen LogP contribution >= 0.6 is 0 Å². The van der Waals surface area contributed by atoms with Crippen LogP contribution in [0.1, 0.15) is 58.3 Å². The molecule has 2 rings (SSSR count). The standard InChI is InChI=1S/C16H31N3O/c1-4-12-5-7-13(8-6-12)19(3)14-9-10-16(11-14,18-2)15(17)20/h12-14,18H,4-11H2,1-3H3,(H2,17,20). The number of hydrogen-bond acceptors (Lipinski definition) is 3. The number of nitrogens with zero attached hydrogens (tertiary/aromatic N) is 1. The molecule has 0 bridgehead atoms. The zero-order valence-electron chi connectivity index (χ0n) is 13.3. The van der Waals surface area contributed by atoms with E-state index in [1.807, 2.05) is 7.05 Å². The van der Waals surface area contributed by atoms with E-state index in [1.54, 1.807) is 0 Å². The molecule has 116 valence electrons. The number of rotatable bonds is 5. The number of carbonyl (C=O) groups excluding carboxylic acids is 1. The fourth-order valence-corrected chi connectivity index (χ4v) is 4.20. The second-order valence-electron chi connectivity index (χ2n) is 6.84. The summed E-state index contributed by atoms with van der Waals surface area (Å²) in [6.45, 7) is 2.31. The van der Waals surface area contributed by atoms with Crippen LogP contribution in [0.25, 0.3) is 0 Å². The van der Waals surface area contributed by atoms with Gasteiger partial charge in [-0.2, -0.15) is 0 Å². The van der Waals surface area contributed by atoms with E-state index in [4.69, 9.17) is 5.73 Å². The fraction of sp³-hybridized carbons (Fsp3) is 0.938. The number of primary amides is 1. The van der Waals surface area contributed by atoms with Gasteiger partial charge < -0.3 is 16.0 Å². The van der Waals surface area contributed by atoms with Gasteiger partial charge in [-0.15, -0.1) is 0 Å². The van der Waals surface area contributed by atoms with Gasteiger partial charge in [-0.05, 0) is 65.0 Å². The Kier molecular flexibility index (Phi) is 5.08. The fourth-order valence-electron chi connectivity index (χ4n) is 4.20. The minimum Gasteiger partial charge on any atom is -0.368 e. The van der Waals surface area contributed by atoms with Gasteiger partial charge in [0.15, 0.2) is 0 Å². The quantitative estimate of drug-likeness (QED) is 0.809. The van der Waals surface area contributed by atoms with Gasteiger partial charge in [-0.25, -0.2) is 0 Å². The van der Waals surface area contributed by atoms with Crippen LogP contribution in [0.5, 0.6) is 0 Å². The molecule has 0 aromatic heterocycles. The van der Waals surface area contributed by atoms with Crippen molar-refractivity contribution in [2.45, 2.75) is 75.9 Å². The highest BCUT2D eigenvalue weighted by Gasteiger charge is 2.45. The maximum atomic E-state index is 11.7. The van der Waals surface area contributed by atoms with Gasteiger partial charge in [0.25, 0.3) is 0 Å².